The second-order valence-corrected chi connectivity index (χ2v) is 9.44. The fraction of sp³-hybridized carbons (Fsp3) is 0.296. The largest absolute Gasteiger partial charge is 0.496 e. The molecule has 3 aromatic rings. The predicted octanol–water partition coefficient (Wildman–Crippen LogP) is 5.67. The van der Waals surface area contributed by atoms with E-state index in [1.54, 1.807) is 7.11 Å². The summed E-state index contributed by atoms with van der Waals surface area (Å²) in [6.07, 6.45) is 0. The van der Waals surface area contributed by atoms with Crippen molar-refractivity contribution in [3.63, 3.8) is 0 Å². The van der Waals surface area contributed by atoms with E-state index in [9.17, 15) is 0 Å². The first-order valence-corrected chi connectivity index (χ1v) is 12.2. The summed E-state index contributed by atoms with van der Waals surface area (Å²) in [6, 6.07) is 22.0. The molecule has 0 amide bonds. The molecule has 0 bridgehead atoms. The second kappa shape index (κ2) is 10.4. The highest BCUT2D eigenvalue weighted by atomic mass is 35.5. The molecule has 2 atom stereocenters. The van der Waals surface area contributed by atoms with Gasteiger partial charge in [0, 0.05) is 29.7 Å². The third-order valence-electron chi connectivity index (χ3n) is 6.35. The number of hydrogen-bond acceptors (Lipinski definition) is 5. The standard InChI is InChI=1S/C27H27Cl2N3O2/c1-33-24-11-2-18(17-32-12-14-34-15-13-32)16-23(24)27-30-25(19-3-7-21(28)8-4-19)26(31-27)20-5-9-22(29)10-6-20/h2-11,16,25-26H,12-15,17H2,1H3,(H,30,31)/t25-,26+. The summed E-state index contributed by atoms with van der Waals surface area (Å²) in [4.78, 5) is 7.56. The number of nitrogens with zero attached hydrogens (tertiary/aromatic N) is 2. The first-order chi connectivity index (χ1) is 16.6. The second-order valence-electron chi connectivity index (χ2n) is 8.57. The minimum absolute atomic E-state index is 0.0407. The number of benzene rings is 3. The molecule has 7 heteroatoms. The Kier molecular flexibility index (Phi) is 7.07. The van der Waals surface area contributed by atoms with Crippen LogP contribution in [0.3, 0.4) is 0 Å². The number of hydrogen-bond donors (Lipinski definition) is 1. The smallest absolute Gasteiger partial charge is 0.133 e. The molecule has 3 aromatic carbocycles. The maximum absolute atomic E-state index is 6.16. The number of rotatable bonds is 6. The lowest BCUT2D eigenvalue weighted by Crippen LogP contribution is -2.35. The molecule has 0 radical (unpaired) electrons. The van der Waals surface area contributed by atoms with Gasteiger partial charge >= 0.3 is 0 Å². The number of aliphatic imine (C=N–C) groups is 1. The van der Waals surface area contributed by atoms with Crippen LogP contribution in [0.1, 0.15) is 34.3 Å². The molecule has 0 saturated carbocycles. The van der Waals surface area contributed by atoms with Gasteiger partial charge in [-0.1, -0.05) is 53.5 Å². The first-order valence-electron chi connectivity index (χ1n) is 11.4. The van der Waals surface area contributed by atoms with E-state index in [-0.39, 0.29) is 12.1 Å². The van der Waals surface area contributed by atoms with Crippen molar-refractivity contribution in [1.29, 1.82) is 0 Å². The van der Waals surface area contributed by atoms with Crippen LogP contribution in [0.4, 0.5) is 0 Å². The van der Waals surface area contributed by atoms with Crippen LogP contribution in [0, 0.1) is 0 Å². The van der Waals surface area contributed by atoms with E-state index in [2.05, 4.69) is 22.3 Å². The molecule has 5 rings (SSSR count). The van der Waals surface area contributed by atoms with Crippen LogP contribution < -0.4 is 10.1 Å². The van der Waals surface area contributed by atoms with Crippen LogP contribution >= 0.6 is 23.2 Å². The van der Waals surface area contributed by atoms with Gasteiger partial charge in [-0.3, -0.25) is 9.89 Å². The van der Waals surface area contributed by atoms with E-state index in [4.69, 9.17) is 37.7 Å². The van der Waals surface area contributed by atoms with Gasteiger partial charge in [0.25, 0.3) is 0 Å². The van der Waals surface area contributed by atoms with Gasteiger partial charge in [0.2, 0.25) is 0 Å². The van der Waals surface area contributed by atoms with Crippen LogP contribution in [-0.4, -0.2) is 44.1 Å². The average Bonchev–Trinajstić information content (AvgIpc) is 3.31. The lowest BCUT2D eigenvalue weighted by molar-refractivity contribution is 0.0342. The first kappa shape index (κ1) is 23.2. The molecule has 1 saturated heterocycles. The molecule has 0 spiro atoms. The highest BCUT2D eigenvalue weighted by Gasteiger charge is 2.33. The van der Waals surface area contributed by atoms with E-state index in [0.29, 0.717) is 10.0 Å². The van der Waals surface area contributed by atoms with Crippen molar-refractivity contribution in [2.75, 3.05) is 33.4 Å². The molecule has 2 heterocycles. The number of nitrogens with one attached hydrogen (secondary N) is 1. The van der Waals surface area contributed by atoms with Gasteiger partial charge in [0.05, 0.1) is 31.9 Å². The van der Waals surface area contributed by atoms with Crippen LogP contribution in [0.15, 0.2) is 71.7 Å². The number of ether oxygens (including phenoxy) is 2. The van der Waals surface area contributed by atoms with Crippen molar-refractivity contribution in [2.24, 2.45) is 4.99 Å². The van der Waals surface area contributed by atoms with E-state index < -0.39 is 0 Å². The lowest BCUT2D eigenvalue weighted by atomic mass is 9.95. The zero-order chi connectivity index (χ0) is 23.5. The zero-order valence-corrected chi connectivity index (χ0v) is 20.5. The molecular formula is C27H27Cl2N3O2. The molecule has 1 N–H and O–H groups in total. The van der Waals surface area contributed by atoms with Crippen LogP contribution in [-0.2, 0) is 11.3 Å². The Morgan fingerprint density at radius 2 is 1.59 bits per heavy atom. The summed E-state index contributed by atoms with van der Waals surface area (Å²) >= 11 is 12.3. The fourth-order valence-electron chi connectivity index (χ4n) is 4.54. The molecule has 0 unspecified atom stereocenters. The molecule has 0 aliphatic carbocycles. The van der Waals surface area contributed by atoms with Crippen molar-refractivity contribution in [3.05, 3.63) is 99.0 Å². The molecule has 2 aliphatic heterocycles. The number of methoxy groups -OCH3 is 1. The monoisotopic (exact) mass is 495 g/mol. The molecule has 2 aliphatic rings. The molecule has 34 heavy (non-hydrogen) atoms. The van der Waals surface area contributed by atoms with Crippen molar-refractivity contribution in [1.82, 2.24) is 10.2 Å². The van der Waals surface area contributed by atoms with Gasteiger partial charge in [-0.25, -0.2) is 0 Å². The topological polar surface area (TPSA) is 46.1 Å². The Balaban J connectivity index is 1.50. The SMILES string of the molecule is COc1ccc(CN2CCOCC2)cc1C1=N[C@@H](c2ccc(Cl)cc2)[C@@H](c2ccc(Cl)cc2)N1. The molecule has 176 valence electrons. The van der Waals surface area contributed by atoms with Gasteiger partial charge in [0.15, 0.2) is 0 Å². The zero-order valence-electron chi connectivity index (χ0n) is 19.0. The van der Waals surface area contributed by atoms with Crippen molar-refractivity contribution < 1.29 is 9.47 Å². The van der Waals surface area contributed by atoms with E-state index in [0.717, 1.165) is 61.1 Å². The van der Waals surface area contributed by atoms with Crippen LogP contribution in [0.5, 0.6) is 5.75 Å². The predicted molar refractivity (Wildman–Crippen MR) is 137 cm³/mol. The maximum Gasteiger partial charge on any atom is 0.133 e. The summed E-state index contributed by atoms with van der Waals surface area (Å²) in [5, 5.41) is 5.09. The Morgan fingerprint density at radius 3 is 2.24 bits per heavy atom. The summed E-state index contributed by atoms with van der Waals surface area (Å²) in [5.74, 6) is 1.61. The summed E-state index contributed by atoms with van der Waals surface area (Å²) < 4.78 is 11.2. The Hall–Kier alpha value is -2.57. The van der Waals surface area contributed by atoms with Gasteiger partial charge in [-0.2, -0.15) is 0 Å². The Morgan fingerprint density at radius 1 is 0.941 bits per heavy atom. The lowest BCUT2D eigenvalue weighted by Gasteiger charge is -2.27. The van der Waals surface area contributed by atoms with Crippen molar-refractivity contribution >= 4 is 29.0 Å². The van der Waals surface area contributed by atoms with Crippen molar-refractivity contribution in [2.45, 2.75) is 18.6 Å². The van der Waals surface area contributed by atoms with E-state index in [1.807, 2.05) is 54.6 Å². The van der Waals surface area contributed by atoms with Gasteiger partial charge in [-0.05, 0) is 53.1 Å². The highest BCUT2D eigenvalue weighted by Crippen LogP contribution is 2.39. The summed E-state index contributed by atoms with van der Waals surface area (Å²) in [7, 11) is 1.70. The summed E-state index contributed by atoms with van der Waals surface area (Å²) in [6.45, 7) is 4.32. The summed E-state index contributed by atoms with van der Waals surface area (Å²) in [5.41, 5.74) is 4.39. The van der Waals surface area contributed by atoms with Crippen LogP contribution in [0.25, 0.3) is 0 Å². The molecule has 0 aromatic heterocycles. The number of amidine groups is 1. The molecular weight excluding hydrogens is 469 g/mol. The van der Waals surface area contributed by atoms with Gasteiger partial charge in [0.1, 0.15) is 17.6 Å². The minimum atomic E-state index is -0.110. The van der Waals surface area contributed by atoms with E-state index in [1.165, 1.54) is 5.56 Å². The molecule has 5 nitrogen and oxygen atoms in total. The Labute approximate surface area is 210 Å². The number of halogens is 2. The van der Waals surface area contributed by atoms with Gasteiger partial charge in [-0.15, -0.1) is 0 Å². The number of morpholine rings is 1. The highest BCUT2D eigenvalue weighted by molar-refractivity contribution is 6.30. The van der Waals surface area contributed by atoms with Crippen LogP contribution in [0.2, 0.25) is 10.0 Å². The maximum atomic E-state index is 6.16. The van der Waals surface area contributed by atoms with Crippen molar-refractivity contribution in [3.8, 4) is 5.75 Å². The normalized spacial score (nSPS) is 20.6. The molecule has 1 fully saturated rings. The minimum Gasteiger partial charge on any atom is -0.496 e. The Bertz CT molecular complexity index is 1160. The third kappa shape index (κ3) is 5.08. The van der Waals surface area contributed by atoms with Gasteiger partial charge < -0.3 is 14.8 Å². The quantitative estimate of drug-likeness (QED) is 0.478. The fourth-order valence-corrected chi connectivity index (χ4v) is 4.80. The van der Waals surface area contributed by atoms with E-state index >= 15 is 0 Å². The third-order valence-corrected chi connectivity index (χ3v) is 6.85. The average molecular weight is 496 g/mol.